The Morgan fingerprint density at radius 3 is 2.57 bits per heavy atom. The molecule has 2 fully saturated rings. The standard InChI is InChI=1S/C33H43N3O8/c1-21(2)35-18-11-16-33-27(30(39)36(17-9-10-19-37)29(33)31(35)40)26-24(44-33)14-7-8-15-25(38)34-23(20-42-3)28(43-32(26)41)22-12-5-4-6-13-22/h4-7,11-14,16,21,23-24,26-29,37H,8-10,15,17-20H2,1-3H3,(H,34,38)/b14-7-/t23-,24-,26+,27+,28-,29-,33+/m1/s1. The third kappa shape index (κ3) is 5.92. The van der Waals surface area contributed by atoms with Crippen molar-refractivity contribution in [2.75, 3.05) is 33.4 Å². The molecule has 0 saturated carbocycles. The van der Waals surface area contributed by atoms with Gasteiger partial charge in [0.15, 0.2) is 0 Å². The number of hydrogen-bond acceptors (Lipinski definition) is 8. The van der Waals surface area contributed by atoms with Gasteiger partial charge in [0, 0.05) is 39.3 Å². The van der Waals surface area contributed by atoms with E-state index in [0.29, 0.717) is 31.4 Å². The second-order valence-corrected chi connectivity index (χ2v) is 12.2. The van der Waals surface area contributed by atoms with Crippen molar-refractivity contribution in [1.82, 2.24) is 15.1 Å². The Morgan fingerprint density at radius 2 is 1.86 bits per heavy atom. The Morgan fingerprint density at radius 1 is 1.09 bits per heavy atom. The normalized spacial score (nSPS) is 33.1. The summed E-state index contributed by atoms with van der Waals surface area (Å²) in [6.45, 7) is 4.49. The van der Waals surface area contributed by atoms with Crippen LogP contribution in [0.4, 0.5) is 0 Å². The lowest BCUT2D eigenvalue weighted by molar-refractivity contribution is -0.162. The van der Waals surface area contributed by atoms with Gasteiger partial charge >= 0.3 is 5.97 Å². The number of esters is 1. The molecule has 5 rings (SSSR count). The minimum atomic E-state index is -1.39. The number of amides is 3. The largest absolute Gasteiger partial charge is 0.455 e. The molecule has 4 aliphatic rings. The smallest absolute Gasteiger partial charge is 0.313 e. The first-order valence-corrected chi connectivity index (χ1v) is 15.5. The number of nitrogens with zero attached hydrogens (tertiary/aromatic N) is 2. The number of fused-ring (bicyclic) bond motifs is 2. The minimum absolute atomic E-state index is 0.0361. The number of nitrogens with one attached hydrogen (secondary N) is 1. The van der Waals surface area contributed by atoms with Crippen LogP contribution >= 0.6 is 0 Å². The van der Waals surface area contributed by atoms with E-state index in [-0.39, 0.29) is 49.9 Å². The molecular formula is C33H43N3O8. The number of aliphatic hydroxyl groups excluding tert-OH is 1. The number of rotatable bonds is 8. The molecule has 44 heavy (non-hydrogen) atoms. The third-order valence-corrected chi connectivity index (χ3v) is 9.02. The molecule has 0 bridgehead atoms. The van der Waals surface area contributed by atoms with E-state index in [1.165, 1.54) is 7.11 Å². The van der Waals surface area contributed by atoms with Gasteiger partial charge in [0.1, 0.15) is 23.7 Å². The number of likely N-dealkylation sites (tertiary alicyclic amines) is 1. The Hall–Kier alpha value is -3.54. The lowest BCUT2D eigenvalue weighted by Crippen LogP contribution is -2.56. The monoisotopic (exact) mass is 609 g/mol. The van der Waals surface area contributed by atoms with Crippen LogP contribution < -0.4 is 5.32 Å². The Bertz CT molecular complexity index is 1280. The number of cyclic esters (lactones) is 1. The number of carbonyl (C=O) groups is 4. The van der Waals surface area contributed by atoms with Crippen molar-refractivity contribution in [2.24, 2.45) is 11.8 Å². The van der Waals surface area contributed by atoms with Crippen LogP contribution in [-0.4, -0.2) is 102 Å². The van der Waals surface area contributed by atoms with E-state index in [1.807, 2.05) is 50.3 Å². The van der Waals surface area contributed by atoms with Crippen molar-refractivity contribution >= 4 is 23.7 Å². The highest BCUT2D eigenvalue weighted by atomic mass is 16.6. The fourth-order valence-corrected chi connectivity index (χ4v) is 7.01. The van der Waals surface area contributed by atoms with Crippen LogP contribution in [0.15, 0.2) is 54.6 Å². The number of hydrogen-bond donors (Lipinski definition) is 2. The van der Waals surface area contributed by atoms with Gasteiger partial charge in [-0.1, -0.05) is 54.6 Å². The number of benzene rings is 1. The first kappa shape index (κ1) is 31.9. The van der Waals surface area contributed by atoms with E-state index in [1.54, 1.807) is 28.0 Å². The molecule has 0 aliphatic carbocycles. The molecule has 7 atom stereocenters. The summed E-state index contributed by atoms with van der Waals surface area (Å²) >= 11 is 0. The maximum atomic E-state index is 14.4. The molecule has 238 valence electrons. The average molecular weight is 610 g/mol. The Labute approximate surface area is 258 Å². The van der Waals surface area contributed by atoms with E-state index in [2.05, 4.69) is 5.32 Å². The topological polar surface area (TPSA) is 135 Å². The first-order valence-electron chi connectivity index (χ1n) is 15.5. The zero-order valence-electron chi connectivity index (χ0n) is 25.6. The van der Waals surface area contributed by atoms with Gasteiger partial charge in [0.25, 0.3) is 0 Å². The fraction of sp³-hybridized carbons (Fsp3) is 0.576. The van der Waals surface area contributed by atoms with Crippen LogP contribution in [0.5, 0.6) is 0 Å². The third-order valence-electron chi connectivity index (χ3n) is 9.02. The molecule has 1 aromatic carbocycles. The summed E-state index contributed by atoms with van der Waals surface area (Å²) in [6, 6.07) is 7.34. The fourth-order valence-electron chi connectivity index (χ4n) is 7.01. The first-order chi connectivity index (χ1) is 21.2. The highest BCUT2D eigenvalue weighted by Crippen LogP contribution is 2.53. The van der Waals surface area contributed by atoms with Gasteiger partial charge in [-0.25, -0.2) is 0 Å². The molecular weight excluding hydrogens is 566 g/mol. The average Bonchev–Trinajstić information content (AvgIpc) is 3.38. The Balaban J connectivity index is 1.60. The molecule has 0 aromatic heterocycles. The van der Waals surface area contributed by atoms with E-state index >= 15 is 0 Å². The number of aliphatic hydroxyl groups is 1. The summed E-state index contributed by atoms with van der Waals surface area (Å²) in [5, 5.41) is 12.4. The van der Waals surface area contributed by atoms with Gasteiger partial charge in [-0.05, 0) is 38.7 Å². The summed E-state index contributed by atoms with van der Waals surface area (Å²) in [4.78, 5) is 59.1. The number of carbonyl (C=O) groups excluding carboxylic acids is 4. The molecule has 3 amide bonds. The summed E-state index contributed by atoms with van der Waals surface area (Å²) < 4.78 is 18.4. The summed E-state index contributed by atoms with van der Waals surface area (Å²) in [5.74, 6) is -3.51. The predicted molar refractivity (Wildman–Crippen MR) is 160 cm³/mol. The van der Waals surface area contributed by atoms with Gasteiger partial charge in [-0.2, -0.15) is 0 Å². The second kappa shape index (κ2) is 13.6. The minimum Gasteiger partial charge on any atom is -0.455 e. The maximum Gasteiger partial charge on any atom is 0.313 e. The molecule has 2 saturated heterocycles. The predicted octanol–water partition coefficient (Wildman–Crippen LogP) is 1.91. The number of methoxy groups -OCH3 is 1. The van der Waals surface area contributed by atoms with Crippen LogP contribution in [0.3, 0.4) is 0 Å². The molecule has 0 radical (unpaired) electrons. The molecule has 1 spiro atoms. The quantitative estimate of drug-likeness (QED) is 0.259. The SMILES string of the molecule is COC[C@H]1NC(=O)CC/C=C\[C@H]2O[C@]34C=CCN(C(C)C)C(=O)[C@H]3N(CCCCO)C(=O)[C@@H]4[C@H]2C(=O)O[C@@H]1c1ccccc1. The molecule has 4 aliphatic heterocycles. The summed E-state index contributed by atoms with van der Waals surface area (Å²) in [5.41, 5.74) is -0.725. The number of unbranched alkanes of at least 4 members (excludes halogenated alkanes) is 1. The zero-order valence-corrected chi connectivity index (χ0v) is 25.6. The Kier molecular flexibility index (Phi) is 9.87. The van der Waals surface area contributed by atoms with Crippen molar-refractivity contribution in [2.45, 2.75) is 75.5 Å². The van der Waals surface area contributed by atoms with Gasteiger partial charge < -0.3 is 34.4 Å². The van der Waals surface area contributed by atoms with Gasteiger partial charge in [0.2, 0.25) is 17.7 Å². The van der Waals surface area contributed by atoms with Crippen LogP contribution in [0.25, 0.3) is 0 Å². The summed E-state index contributed by atoms with van der Waals surface area (Å²) in [6.07, 6.45) is 6.94. The van der Waals surface area contributed by atoms with Crippen molar-refractivity contribution in [1.29, 1.82) is 0 Å². The van der Waals surface area contributed by atoms with Gasteiger partial charge in [0.05, 0.1) is 24.7 Å². The van der Waals surface area contributed by atoms with Crippen molar-refractivity contribution in [3.05, 3.63) is 60.2 Å². The van der Waals surface area contributed by atoms with Crippen LogP contribution in [0.1, 0.15) is 51.2 Å². The molecule has 1 aromatic rings. The molecule has 0 unspecified atom stereocenters. The molecule has 11 heteroatoms. The van der Waals surface area contributed by atoms with Gasteiger partial charge in [-0.15, -0.1) is 0 Å². The van der Waals surface area contributed by atoms with Crippen molar-refractivity contribution in [3.63, 3.8) is 0 Å². The molecule has 2 N–H and O–H groups in total. The lowest BCUT2D eigenvalue weighted by atomic mass is 9.77. The zero-order chi connectivity index (χ0) is 31.4. The van der Waals surface area contributed by atoms with E-state index in [9.17, 15) is 24.3 Å². The highest BCUT2D eigenvalue weighted by molar-refractivity contribution is 5.99. The highest BCUT2D eigenvalue weighted by Gasteiger charge is 2.71. The van der Waals surface area contributed by atoms with E-state index in [0.717, 1.165) is 0 Å². The second-order valence-electron chi connectivity index (χ2n) is 12.2. The van der Waals surface area contributed by atoms with E-state index < -0.39 is 47.7 Å². The number of allylic oxidation sites excluding steroid dienone is 1. The molecule has 11 nitrogen and oxygen atoms in total. The van der Waals surface area contributed by atoms with Gasteiger partial charge in [-0.3, -0.25) is 19.2 Å². The maximum absolute atomic E-state index is 14.4. The summed E-state index contributed by atoms with van der Waals surface area (Å²) in [7, 11) is 1.51. The van der Waals surface area contributed by atoms with Crippen LogP contribution in [-0.2, 0) is 33.4 Å². The molecule has 4 heterocycles. The van der Waals surface area contributed by atoms with Crippen molar-refractivity contribution < 1.29 is 38.5 Å². The lowest BCUT2D eigenvalue weighted by Gasteiger charge is -2.36. The van der Waals surface area contributed by atoms with Crippen LogP contribution in [0, 0.1) is 11.8 Å². The van der Waals surface area contributed by atoms with Crippen LogP contribution in [0.2, 0.25) is 0 Å². The van der Waals surface area contributed by atoms with Crippen molar-refractivity contribution in [3.8, 4) is 0 Å². The van der Waals surface area contributed by atoms with E-state index in [4.69, 9.17) is 14.2 Å². The number of ether oxygens (including phenoxy) is 3.